The fraction of sp³-hybridized carbons (Fsp3) is 0.250. The van der Waals surface area contributed by atoms with Crippen molar-refractivity contribution >= 4 is 23.2 Å². The average Bonchev–Trinajstić information content (AvgIpc) is 2.47. The van der Waals surface area contributed by atoms with Gasteiger partial charge in [0, 0.05) is 37.6 Å². The van der Waals surface area contributed by atoms with Gasteiger partial charge in [0.25, 0.3) is 5.91 Å². The van der Waals surface area contributed by atoms with Gasteiger partial charge in [-0.3, -0.25) is 9.78 Å². The summed E-state index contributed by atoms with van der Waals surface area (Å²) in [7, 11) is 1.77. The van der Waals surface area contributed by atoms with Crippen LogP contribution in [0.15, 0.2) is 42.7 Å². The largest absolute Gasteiger partial charge is 0.385 e. The van der Waals surface area contributed by atoms with Gasteiger partial charge in [-0.25, -0.2) is 0 Å². The van der Waals surface area contributed by atoms with E-state index in [0.717, 1.165) is 17.8 Å². The minimum Gasteiger partial charge on any atom is -0.385 e. The number of nitrogens with zero attached hydrogens (tertiary/aromatic N) is 2. The molecule has 0 fully saturated rings. The van der Waals surface area contributed by atoms with Crippen LogP contribution in [-0.2, 0) is 6.54 Å². The highest BCUT2D eigenvalue weighted by atomic mass is 35.5. The number of rotatable bonds is 5. The maximum Gasteiger partial charge on any atom is 0.257 e. The number of amides is 1. The highest BCUT2D eigenvalue weighted by Crippen LogP contribution is 2.17. The summed E-state index contributed by atoms with van der Waals surface area (Å²) < 4.78 is 0. The maximum atomic E-state index is 12.5. The summed E-state index contributed by atoms with van der Waals surface area (Å²) in [6.07, 6.45) is 3.26. The van der Waals surface area contributed by atoms with Crippen LogP contribution in [0.3, 0.4) is 0 Å². The Morgan fingerprint density at radius 2 is 2.19 bits per heavy atom. The average molecular weight is 304 g/mol. The molecule has 4 nitrogen and oxygen atoms in total. The Bertz CT molecular complexity index is 630. The summed E-state index contributed by atoms with van der Waals surface area (Å²) in [6.45, 7) is 3.24. The number of carbonyl (C=O) groups excluding carboxylic acids is 1. The molecule has 0 atom stereocenters. The maximum absolute atomic E-state index is 12.5. The molecule has 0 spiro atoms. The van der Waals surface area contributed by atoms with Crippen molar-refractivity contribution in [1.82, 2.24) is 9.88 Å². The number of hydrogen-bond acceptors (Lipinski definition) is 3. The standard InChI is InChI=1S/C16H18ClN3O/c1-3-19-15-7-8-18-10-14(15)16(21)20(2)11-12-5-4-6-13(17)9-12/h4-10H,3,11H2,1-2H3,(H,18,19). The van der Waals surface area contributed by atoms with Gasteiger partial charge < -0.3 is 10.2 Å². The van der Waals surface area contributed by atoms with Crippen LogP contribution in [0.4, 0.5) is 5.69 Å². The van der Waals surface area contributed by atoms with Crippen LogP contribution in [0.5, 0.6) is 0 Å². The zero-order valence-corrected chi connectivity index (χ0v) is 12.9. The van der Waals surface area contributed by atoms with Crippen LogP contribution < -0.4 is 5.32 Å². The summed E-state index contributed by atoms with van der Waals surface area (Å²) in [5.41, 5.74) is 2.37. The number of benzene rings is 1. The van der Waals surface area contributed by atoms with Crippen molar-refractivity contribution < 1.29 is 4.79 Å². The molecule has 0 aliphatic carbocycles. The van der Waals surface area contributed by atoms with Gasteiger partial charge in [-0.05, 0) is 30.7 Å². The minimum atomic E-state index is -0.0703. The Kier molecular flexibility index (Phi) is 5.17. The van der Waals surface area contributed by atoms with Crippen LogP contribution in [0.25, 0.3) is 0 Å². The van der Waals surface area contributed by atoms with E-state index in [0.29, 0.717) is 17.1 Å². The molecule has 2 aromatic rings. The summed E-state index contributed by atoms with van der Waals surface area (Å²) in [6, 6.07) is 9.31. The van der Waals surface area contributed by atoms with E-state index < -0.39 is 0 Å². The quantitative estimate of drug-likeness (QED) is 0.920. The van der Waals surface area contributed by atoms with Crippen LogP contribution in [0.2, 0.25) is 5.02 Å². The van der Waals surface area contributed by atoms with Crippen molar-refractivity contribution in [3.8, 4) is 0 Å². The van der Waals surface area contributed by atoms with E-state index in [9.17, 15) is 4.79 Å². The first-order valence-electron chi connectivity index (χ1n) is 6.79. The van der Waals surface area contributed by atoms with Gasteiger partial charge in [-0.2, -0.15) is 0 Å². The Morgan fingerprint density at radius 3 is 2.90 bits per heavy atom. The SMILES string of the molecule is CCNc1ccncc1C(=O)N(C)Cc1cccc(Cl)c1. The highest BCUT2D eigenvalue weighted by Gasteiger charge is 2.16. The topological polar surface area (TPSA) is 45.2 Å². The van der Waals surface area contributed by atoms with E-state index >= 15 is 0 Å². The predicted molar refractivity (Wildman–Crippen MR) is 85.7 cm³/mol. The Balaban J connectivity index is 2.16. The Labute approximate surface area is 129 Å². The van der Waals surface area contributed by atoms with E-state index in [4.69, 9.17) is 11.6 Å². The molecular weight excluding hydrogens is 286 g/mol. The van der Waals surface area contributed by atoms with Crippen LogP contribution >= 0.6 is 11.6 Å². The van der Waals surface area contributed by atoms with Crippen molar-refractivity contribution in [2.45, 2.75) is 13.5 Å². The van der Waals surface area contributed by atoms with E-state index in [1.54, 1.807) is 24.3 Å². The molecular formula is C16H18ClN3O. The molecule has 1 aromatic carbocycles. The van der Waals surface area contributed by atoms with Crippen LogP contribution in [0, 0.1) is 0 Å². The molecule has 110 valence electrons. The molecule has 1 heterocycles. The molecule has 0 saturated carbocycles. The second-order valence-electron chi connectivity index (χ2n) is 4.74. The van der Waals surface area contributed by atoms with E-state index in [1.165, 1.54) is 0 Å². The molecule has 1 aromatic heterocycles. The number of pyridine rings is 1. The third-order valence-electron chi connectivity index (χ3n) is 3.07. The minimum absolute atomic E-state index is 0.0703. The first kappa shape index (κ1) is 15.3. The van der Waals surface area contributed by atoms with E-state index in [1.807, 2.05) is 37.3 Å². The van der Waals surface area contributed by atoms with Crippen LogP contribution in [0.1, 0.15) is 22.8 Å². The van der Waals surface area contributed by atoms with Gasteiger partial charge in [0.05, 0.1) is 11.3 Å². The third-order valence-corrected chi connectivity index (χ3v) is 3.31. The Morgan fingerprint density at radius 1 is 1.38 bits per heavy atom. The summed E-state index contributed by atoms with van der Waals surface area (Å²) in [5, 5.41) is 3.85. The van der Waals surface area contributed by atoms with Crippen molar-refractivity contribution in [3.63, 3.8) is 0 Å². The van der Waals surface area contributed by atoms with Gasteiger partial charge in [0.2, 0.25) is 0 Å². The number of anilines is 1. The van der Waals surface area contributed by atoms with Crippen molar-refractivity contribution in [3.05, 3.63) is 58.9 Å². The van der Waals surface area contributed by atoms with E-state index in [2.05, 4.69) is 10.3 Å². The van der Waals surface area contributed by atoms with Gasteiger partial charge in [-0.1, -0.05) is 23.7 Å². The van der Waals surface area contributed by atoms with Crippen molar-refractivity contribution in [2.75, 3.05) is 18.9 Å². The van der Waals surface area contributed by atoms with Crippen LogP contribution in [-0.4, -0.2) is 29.4 Å². The highest BCUT2D eigenvalue weighted by molar-refractivity contribution is 6.30. The summed E-state index contributed by atoms with van der Waals surface area (Å²) in [4.78, 5) is 18.2. The molecule has 0 radical (unpaired) electrons. The number of carbonyl (C=O) groups is 1. The molecule has 0 aliphatic rings. The van der Waals surface area contributed by atoms with Gasteiger partial charge in [-0.15, -0.1) is 0 Å². The molecule has 0 saturated heterocycles. The van der Waals surface area contributed by atoms with Crippen molar-refractivity contribution in [2.24, 2.45) is 0 Å². The lowest BCUT2D eigenvalue weighted by Crippen LogP contribution is -2.27. The van der Waals surface area contributed by atoms with Gasteiger partial charge in [0.15, 0.2) is 0 Å². The molecule has 5 heteroatoms. The predicted octanol–water partition coefficient (Wildman–Crippen LogP) is 3.44. The lowest BCUT2D eigenvalue weighted by atomic mass is 10.1. The molecule has 1 amide bonds. The third kappa shape index (κ3) is 3.95. The lowest BCUT2D eigenvalue weighted by molar-refractivity contribution is 0.0785. The fourth-order valence-corrected chi connectivity index (χ4v) is 2.31. The molecule has 21 heavy (non-hydrogen) atoms. The first-order valence-corrected chi connectivity index (χ1v) is 7.17. The number of aromatic nitrogens is 1. The van der Waals surface area contributed by atoms with E-state index in [-0.39, 0.29) is 5.91 Å². The second kappa shape index (κ2) is 7.09. The zero-order valence-electron chi connectivity index (χ0n) is 12.1. The number of nitrogens with one attached hydrogen (secondary N) is 1. The first-order chi connectivity index (χ1) is 10.1. The van der Waals surface area contributed by atoms with Crippen molar-refractivity contribution in [1.29, 1.82) is 0 Å². The molecule has 1 N–H and O–H groups in total. The molecule has 0 bridgehead atoms. The fourth-order valence-electron chi connectivity index (χ4n) is 2.10. The van der Waals surface area contributed by atoms with Gasteiger partial charge >= 0.3 is 0 Å². The smallest absolute Gasteiger partial charge is 0.257 e. The lowest BCUT2D eigenvalue weighted by Gasteiger charge is -2.19. The molecule has 2 rings (SSSR count). The normalized spacial score (nSPS) is 10.2. The van der Waals surface area contributed by atoms with Gasteiger partial charge in [0.1, 0.15) is 0 Å². The summed E-state index contributed by atoms with van der Waals surface area (Å²) >= 11 is 5.97. The molecule has 0 unspecified atom stereocenters. The zero-order chi connectivity index (χ0) is 15.2. The summed E-state index contributed by atoms with van der Waals surface area (Å²) in [5.74, 6) is -0.0703. The second-order valence-corrected chi connectivity index (χ2v) is 5.18. The molecule has 0 aliphatic heterocycles. The monoisotopic (exact) mass is 303 g/mol. The number of halogens is 1. The Hall–Kier alpha value is -2.07. The number of hydrogen-bond donors (Lipinski definition) is 1.